The summed E-state index contributed by atoms with van der Waals surface area (Å²) in [7, 11) is 1.38. The monoisotopic (exact) mass is 389 g/mol. The Hall–Kier alpha value is -2.01. The minimum Gasteiger partial charge on any atom is -0.487 e. The summed E-state index contributed by atoms with van der Waals surface area (Å²) >= 11 is 3.60. The number of carbonyl (C=O) groups is 1. The molecule has 5 heteroatoms. The normalized spacial score (nSPS) is 13.8. The van der Waals surface area contributed by atoms with Gasteiger partial charge in [0.05, 0.1) is 18.4 Å². The van der Waals surface area contributed by atoms with Crippen molar-refractivity contribution in [3.05, 3.63) is 58.1 Å². The molecule has 1 fully saturated rings. The van der Waals surface area contributed by atoms with Gasteiger partial charge in [0.15, 0.2) is 0 Å². The summed E-state index contributed by atoms with van der Waals surface area (Å²) in [5.41, 5.74) is 2.58. The van der Waals surface area contributed by atoms with Gasteiger partial charge in [-0.2, -0.15) is 0 Å². The minimum absolute atomic E-state index is 0.367. The van der Waals surface area contributed by atoms with E-state index >= 15 is 0 Å². The summed E-state index contributed by atoms with van der Waals surface area (Å²) in [5.74, 6) is 0.337. The van der Waals surface area contributed by atoms with E-state index in [1.807, 2.05) is 30.3 Å². The lowest BCUT2D eigenvalue weighted by atomic mass is 10.1. The van der Waals surface area contributed by atoms with Crippen LogP contribution in [0.2, 0.25) is 0 Å². The van der Waals surface area contributed by atoms with Crippen LogP contribution in [0.4, 0.5) is 5.69 Å². The molecule has 0 aromatic heterocycles. The zero-order chi connectivity index (χ0) is 16.9. The quantitative estimate of drug-likeness (QED) is 0.709. The second kappa shape index (κ2) is 7.71. The maximum atomic E-state index is 11.9. The van der Waals surface area contributed by atoms with E-state index in [0.29, 0.717) is 17.9 Å². The summed E-state index contributed by atoms with van der Waals surface area (Å²) in [6.45, 7) is 2.45. The van der Waals surface area contributed by atoms with Gasteiger partial charge in [0.1, 0.15) is 12.4 Å². The molecule has 0 N–H and O–H groups in total. The van der Waals surface area contributed by atoms with Crippen LogP contribution in [-0.4, -0.2) is 26.2 Å². The van der Waals surface area contributed by atoms with Gasteiger partial charge in [0.2, 0.25) is 0 Å². The summed E-state index contributed by atoms with van der Waals surface area (Å²) in [5, 5.41) is 0. The van der Waals surface area contributed by atoms with Crippen LogP contribution in [0.15, 0.2) is 46.9 Å². The molecule has 0 amide bonds. The van der Waals surface area contributed by atoms with Crippen LogP contribution >= 0.6 is 15.9 Å². The van der Waals surface area contributed by atoms with E-state index in [4.69, 9.17) is 9.47 Å². The molecular formula is C19H20BrNO3. The van der Waals surface area contributed by atoms with E-state index in [2.05, 4.69) is 20.8 Å². The van der Waals surface area contributed by atoms with Crippen molar-refractivity contribution in [3.8, 4) is 5.75 Å². The van der Waals surface area contributed by atoms with Crippen LogP contribution in [0.25, 0.3) is 0 Å². The Morgan fingerprint density at radius 1 is 1.17 bits per heavy atom. The molecule has 4 nitrogen and oxygen atoms in total. The number of carbonyl (C=O) groups excluding carboxylic acids is 1. The van der Waals surface area contributed by atoms with Crippen LogP contribution in [0.1, 0.15) is 28.8 Å². The molecule has 0 aliphatic carbocycles. The Morgan fingerprint density at radius 3 is 2.54 bits per heavy atom. The Balaban J connectivity index is 1.93. The van der Waals surface area contributed by atoms with Crippen molar-refractivity contribution in [2.45, 2.75) is 19.4 Å². The lowest BCUT2D eigenvalue weighted by Crippen LogP contribution is -2.19. The van der Waals surface area contributed by atoms with Crippen LogP contribution in [-0.2, 0) is 11.3 Å². The molecule has 126 valence electrons. The number of ether oxygens (including phenoxy) is 2. The number of rotatable bonds is 5. The molecule has 24 heavy (non-hydrogen) atoms. The van der Waals surface area contributed by atoms with Crippen molar-refractivity contribution < 1.29 is 14.3 Å². The third kappa shape index (κ3) is 3.73. The maximum Gasteiger partial charge on any atom is 0.338 e. The van der Waals surface area contributed by atoms with Gasteiger partial charge in [-0.15, -0.1) is 0 Å². The first kappa shape index (κ1) is 16.8. The van der Waals surface area contributed by atoms with E-state index in [1.165, 1.54) is 20.0 Å². The van der Waals surface area contributed by atoms with Gasteiger partial charge < -0.3 is 14.4 Å². The van der Waals surface area contributed by atoms with Crippen molar-refractivity contribution in [1.82, 2.24) is 0 Å². The molecule has 1 saturated heterocycles. The van der Waals surface area contributed by atoms with Gasteiger partial charge in [0, 0.05) is 17.6 Å². The fourth-order valence-corrected chi connectivity index (χ4v) is 3.60. The maximum absolute atomic E-state index is 11.9. The molecule has 2 aromatic carbocycles. The number of anilines is 1. The molecule has 0 bridgehead atoms. The number of esters is 1. The number of nitrogens with zero attached hydrogens (tertiary/aromatic N) is 1. The summed E-state index contributed by atoms with van der Waals surface area (Å²) in [6, 6.07) is 13.6. The van der Waals surface area contributed by atoms with Gasteiger partial charge in [-0.25, -0.2) is 4.79 Å². The molecule has 1 aliphatic rings. The third-order valence-corrected chi connectivity index (χ3v) is 4.71. The zero-order valence-corrected chi connectivity index (χ0v) is 15.2. The van der Waals surface area contributed by atoms with E-state index in [0.717, 1.165) is 28.8 Å². The summed E-state index contributed by atoms with van der Waals surface area (Å²) in [6.07, 6.45) is 2.34. The molecule has 0 unspecified atom stereocenters. The lowest BCUT2D eigenvalue weighted by molar-refractivity contribution is 0.0600. The van der Waals surface area contributed by atoms with Gasteiger partial charge >= 0.3 is 5.97 Å². The Bertz CT molecular complexity index is 712. The van der Waals surface area contributed by atoms with Crippen molar-refractivity contribution >= 4 is 27.6 Å². The molecule has 2 aromatic rings. The first-order valence-electron chi connectivity index (χ1n) is 8.02. The molecule has 0 radical (unpaired) electrons. The van der Waals surface area contributed by atoms with Crippen molar-refractivity contribution in [2.75, 3.05) is 25.1 Å². The van der Waals surface area contributed by atoms with Gasteiger partial charge in [-0.3, -0.25) is 0 Å². The summed E-state index contributed by atoms with van der Waals surface area (Å²) < 4.78 is 11.8. The van der Waals surface area contributed by atoms with Gasteiger partial charge in [-0.05, 0) is 46.5 Å². The molecule has 0 saturated carbocycles. The predicted octanol–water partition coefficient (Wildman–Crippen LogP) is 4.41. The highest BCUT2D eigenvalue weighted by Gasteiger charge is 2.22. The number of halogens is 1. The fourth-order valence-electron chi connectivity index (χ4n) is 2.90. The van der Waals surface area contributed by atoms with E-state index in [9.17, 15) is 4.79 Å². The van der Waals surface area contributed by atoms with E-state index < -0.39 is 0 Å². The second-order valence-electron chi connectivity index (χ2n) is 5.76. The van der Waals surface area contributed by atoms with Crippen LogP contribution in [0.3, 0.4) is 0 Å². The molecule has 3 rings (SSSR count). The topological polar surface area (TPSA) is 38.8 Å². The number of benzene rings is 2. The SMILES string of the molecule is COC(=O)c1cc(Br)c(N2CCCC2)c(OCc2ccccc2)c1. The van der Waals surface area contributed by atoms with Gasteiger partial charge in [-0.1, -0.05) is 30.3 Å². The number of methoxy groups -OCH3 is 1. The Morgan fingerprint density at radius 2 is 1.88 bits per heavy atom. The highest BCUT2D eigenvalue weighted by Crippen LogP contribution is 2.39. The molecule has 0 atom stereocenters. The smallest absolute Gasteiger partial charge is 0.338 e. The van der Waals surface area contributed by atoms with Crippen LogP contribution < -0.4 is 9.64 Å². The Kier molecular flexibility index (Phi) is 5.41. The highest BCUT2D eigenvalue weighted by molar-refractivity contribution is 9.10. The first-order chi connectivity index (χ1) is 11.7. The van der Waals surface area contributed by atoms with Gasteiger partial charge in [0.25, 0.3) is 0 Å². The highest BCUT2D eigenvalue weighted by atomic mass is 79.9. The van der Waals surface area contributed by atoms with Crippen molar-refractivity contribution in [1.29, 1.82) is 0 Å². The molecule has 1 aliphatic heterocycles. The molecule has 0 spiro atoms. The standard InChI is InChI=1S/C19H20BrNO3/c1-23-19(22)15-11-16(20)18(21-9-5-6-10-21)17(12-15)24-13-14-7-3-2-4-8-14/h2-4,7-8,11-12H,5-6,9-10,13H2,1H3. The third-order valence-electron chi connectivity index (χ3n) is 4.11. The number of hydrogen-bond donors (Lipinski definition) is 0. The number of hydrogen-bond acceptors (Lipinski definition) is 4. The predicted molar refractivity (Wildman–Crippen MR) is 97.7 cm³/mol. The van der Waals surface area contributed by atoms with Crippen LogP contribution in [0.5, 0.6) is 5.75 Å². The lowest BCUT2D eigenvalue weighted by Gasteiger charge is -2.23. The zero-order valence-electron chi connectivity index (χ0n) is 13.6. The van der Waals surface area contributed by atoms with Crippen molar-refractivity contribution in [3.63, 3.8) is 0 Å². The minimum atomic E-state index is -0.367. The van der Waals surface area contributed by atoms with Crippen LogP contribution in [0, 0.1) is 0 Å². The first-order valence-corrected chi connectivity index (χ1v) is 8.82. The van der Waals surface area contributed by atoms with Crippen molar-refractivity contribution in [2.24, 2.45) is 0 Å². The van der Waals surface area contributed by atoms with E-state index in [-0.39, 0.29) is 5.97 Å². The van der Waals surface area contributed by atoms with E-state index in [1.54, 1.807) is 12.1 Å². The molecular weight excluding hydrogens is 370 g/mol. The summed E-state index contributed by atoms with van der Waals surface area (Å²) in [4.78, 5) is 14.2. The average molecular weight is 390 g/mol. The second-order valence-corrected chi connectivity index (χ2v) is 6.62. The fraction of sp³-hybridized carbons (Fsp3) is 0.316. The largest absolute Gasteiger partial charge is 0.487 e. The Labute approximate surface area is 150 Å². The molecule has 1 heterocycles. The average Bonchev–Trinajstić information content (AvgIpc) is 3.13.